The molecule has 1 unspecified atom stereocenters. The molecule has 0 aromatic heterocycles. The number of anilines is 1. The lowest BCUT2D eigenvalue weighted by atomic mass is 9.87. The Kier molecular flexibility index (Phi) is 8.95. The molecule has 16 heteroatoms. The molecular formula is C26H28F7N3O5S. The molecule has 3 rings (SSSR count). The Bertz CT molecular complexity index is 1420. The number of hydrogen-bond acceptors (Lipinski definition) is 5. The van der Waals surface area contributed by atoms with Crippen LogP contribution in [0.1, 0.15) is 44.7 Å². The Morgan fingerprint density at radius 1 is 0.952 bits per heavy atom. The fourth-order valence-electron chi connectivity index (χ4n) is 4.51. The molecule has 1 atom stereocenters. The second kappa shape index (κ2) is 11.4. The molecule has 1 aliphatic heterocycles. The number of sulfonamides is 1. The molecule has 0 saturated heterocycles. The normalized spacial score (nSPS) is 16.5. The third-order valence-electron chi connectivity index (χ3n) is 6.39. The van der Waals surface area contributed by atoms with Crippen LogP contribution in [0.5, 0.6) is 0 Å². The summed E-state index contributed by atoms with van der Waals surface area (Å²) < 4.78 is 122. The third kappa shape index (κ3) is 6.80. The van der Waals surface area contributed by atoms with Crippen LogP contribution in [0.15, 0.2) is 47.4 Å². The molecule has 0 radical (unpaired) electrons. The molecule has 2 aromatic rings. The molecule has 0 aliphatic carbocycles. The quantitative estimate of drug-likeness (QED) is 0.401. The van der Waals surface area contributed by atoms with E-state index in [1.54, 1.807) is 20.8 Å². The lowest BCUT2D eigenvalue weighted by molar-refractivity contribution is -0.376. The first kappa shape index (κ1) is 33.1. The largest absolute Gasteiger partial charge is 0.430 e. The molecule has 2 amide bonds. The standard InChI is InChI=1S/C26H28F7N3O5S/c1-23(2,3)35-22(38)14-34-21(37)13-18-8-4-15-12-16(24(39,25(28,29)30)26(31,32)33)5-11-20(15)36(18)42(40,41)19-9-6-17(27)7-10-19/h5-7,9-12,18,39H,4,8,13-14H2,1-3H3,(H,34,37)(H,35,38). The first-order valence-electron chi connectivity index (χ1n) is 12.4. The van der Waals surface area contributed by atoms with Crippen LogP contribution in [0.2, 0.25) is 0 Å². The van der Waals surface area contributed by atoms with Gasteiger partial charge in [0.15, 0.2) is 0 Å². The molecule has 1 aliphatic rings. The summed E-state index contributed by atoms with van der Waals surface area (Å²) in [5, 5.41) is 14.8. The van der Waals surface area contributed by atoms with Gasteiger partial charge in [0.05, 0.1) is 23.2 Å². The van der Waals surface area contributed by atoms with Crippen molar-refractivity contribution in [1.29, 1.82) is 0 Å². The van der Waals surface area contributed by atoms with Crippen molar-refractivity contribution in [1.82, 2.24) is 10.6 Å². The summed E-state index contributed by atoms with van der Waals surface area (Å²) in [6.45, 7) is 4.68. The average Bonchev–Trinajstić information content (AvgIpc) is 2.84. The van der Waals surface area contributed by atoms with Crippen molar-refractivity contribution in [2.75, 3.05) is 10.8 Å². The summed E-state index contributed by atoms with van der Waals surface area (Å²) in [6, 6.07) is 3.73. The van der Waals surface area contributed by atoms with Crippen molar-refractivity contribution in [3.05, 3.63) is 59.4 Å². The zero-order chi connectivity index (χ0) is 31.9. The van der Waals surface area contributed by atoms with Gasteiger partial charge < -0.3 is 15.7 Å². The van der Waals surface area contributed by atoms with Crippen molar-refractivity contribution in [3.63, 3.8) is 0 Å². The van der Waals surface area contributed by atoms with Gasteiger partial charge in [0.25, 0.3) is 15.6 Å². The van der Waals surface area contributed by atoms with Crippen molar-refractivity contribution in [2.24, 2.45) is 0 Å². The van der Waals surface area contributed by atoms with Crippen molar-refractivity contribution in [2.45, 2.75) is 74.5 Å². The number of rotatable bonds is 7. The molecule has 1 heterocycles. The Hall–Kier alpha value is -3.40. The highest BCUT2D eigenvalue weighted by atomic mass is 32.2. The number of fused-ring (bicyclic) bond motifs is 1. The summed E-state index contributed by atoms with van der Waals surface area (Å²) in [6.07, 6.45) is -13.3. The van der Waals surface area contributed by atoms with E-state index in [-0.39, 0.29) is 24.1 Å². The molecule has 0 bridgehead atoms. The Morgan fingerprint density at radius 2 is 1.52 bits per heavy atom. The van der Waals surface area contributed by atoms with Crippen LogP contribution >= 0.6 is 0 Å². The van der Waals surface area contributed by atoms with Crippen LogP contribution < -0.4 is 14.9 Å². The monoisotopic (exact) mass is 627 g/mol. The van der Waals surface area contributed by atoms with E-state index in [9.17, 15) is 53.8 Å². The van der Waals surface area contributed by atoms with E-state index < -0.39 is 80.6 Å². The highest BCUT2D eigenvalue weighted by molar-refractivity contribution is 7.92. The highest BCUT2D eigenvalue weighted by Crippen LogP contribution is 2.51. The highest BCUT2D eigenvalue weighted by Gasteiger charge is 2.71. The number of nitrogens with one attached hydrogen (secondary N) is 2. The summed E-state index contributed by atoms with van der Waals surface area (Å²) in [7, 11) is -4.65. The van der Waals surface area contributed by atoms with Crippen molar-refractivity contribution in [3.8, 4) is 0 Å². The van der Waals surface area contributed by atoms with Crippen LogP contribution in [0.25, 0.3) is 0 Å². The minimum absolute atomic E-state index is 0.227. The van der Waals surface area contributed by atoms with Gasteiger partial charge in [0.2, 0.25) is 11.8 Å². The zero-order valence-electron chi connectivity index (χ0n) is 22.5. The summed E-state index contributed by atoms with van der Waals surface area (Å²) in [5.74, 6) is -2.07. The van der Waals surface area contributed by atoms with Gasteiger partial charge in [-0.1, -0.05) is 12.1 Å². The van der Waals surface area contributed by atoms with Gasteiger partial charge in [0, 0.05) is 17.5 Å². The summed E-state index contributed by atoms with van der Waals surface area (Å²) >= 11 is 0. The van der Waals surface area contributed by atoms with Gasteiger partial charge in [-0.2, -0.15) is 26.3 Å². The molecule has 0 fully saturated rings. The lowest BCUT2D eigenvalue weighted by Crippen LogP contribution is -2.54. The van der Waals surface area contributed by atoms with Gasteiger partial charge in [-0.3, -0.25) is 13.9 Å². The minimum atomic E-state index is -6.16. The minimum Gasteiger partial charge on any atom is -0.369 e. The molecule has 8 nitrogen and oxygen atoms in total. The predicted molar refractivity (Wildman–Crippen MR) is 136 cm³/mol. The van der Waals surface area contributed by atoms with Crippen LogP contribution in [-0.4, -0.2) is 55.8 Å². The SMILES string of the molecule is CC(C)(C)NC(=O)CNC(=O)CC1CCc2cc(C(O)(C(F)(F)F)C(F)(F)F)ccc2N1S(=O)(=O)c1ccc(F)cc1. The third-order valence-corrected chi connectivity index (χ3v) is 8.27. The molecule has 2 aromatic carbocycles. The lowest BCUT2D eigenvalue weighted by Gasteiger charge is -2.39. The topological polar surface area (TPSA) is 116 Å². The van der Waals surface area contributed by atoms with Crippen LogP contribution in [0.4, 0.5) is 36.4 Å². The van der Waals surface area contributed by atoms with E-state index >= 15 is 0 Å². The van der Waals surface area contributed by atoms with Crippen LogP contribution in [-0.2, 0) is 31.6 Å². The summed E-state index contributed by atoms with van der Waals surface area (Å²) in [5.41, 5.74) is -8.00. The van der Waals surface area contributed by atoms with E-state index in [1.807, 2.05) is 0 Å². The Labute approximate surface area is 236 Å². The number of aryl methyl sites for hydroxylation is 1. The number of nitrogens with zero attached hydrogens (tertiary/aromatic N) is 1. The number of aliphatic hydroxyl groups is 1. The van der Waals surface area contributed by atoms with E-state index in [0.717, 1.165) is 24.3 Å². The number of benzene rings is 2. The number of halogens is 7. The maximum atomic E-state index is 13.7. The smallest absolute Gasteiger partial charge is 0.369 e. The van der Waals surface area contributed by atoms with Crippen molar-refractivity contribution >= 4 is 27.5 Å². The number of carbonyl (C=O) groups excluding carboxylic acids is 2. The van der Waals surface area contributed by atoms with Gasteiger partial charge in [0.1, 0.15) is 5.82 Å². The van der Waals surface area contributed by atoms with Gasteiger partial charge >= 0.3 is 12.4 Å². The zero-order valence-corrected chi connectivity index (χ0v) is 23.3. The molecular weight excluding hydrogens is 599 g/mol. The maximum absolute atomic E-state index is 13.7. The van der Waals surface area contributed by atoms with Crippen molar-refractivity contribution < 1.29 is 53.8 Å². The number of hydrogen-bond donors (Lipinski definition) is 3. The fraction of sp³-hybridized carbons (Fsp3) is 0.462. The first-order chi connectivity index (χ1) is 19.1. The number of alkyl halides is 6. The van der Waals surface area contributed by atoms with Gasteiger partial charge in [-0.15, -0.1) is 0 Å². The fourth-order valence-corrected chi connectivity index (χ4v) is 6.22. The van der Waals surface area contributed by atoms with E-state index in [4.69, 9.17) is 0 Å². The van der Waals surface area contributed by atoms with E-state index in [2.05, 4.69) is 10.6 Å². The van der Waals surface area contributed by atoms with Gasteiger partial charge in [-0.25, -0.2) is 12.8 Å². The van der Waals surface area contributed by atoms with E-state index in [1.165, 1.54) is 0 Å². The van der Waals surface area contributed by atoms with Crippen LogP contribution in [0, 0.1) is 5.82 Å². The first-order valence-corrected chi connectivity index (χ1v) is 13.9. The Morgan fingerprint density at radius 3 is 2.05 bits per heavy atom. The van der Waals surface area contributed by atoms with Gasteiger partial charge in [-0.05, 0) is 69.5 Å². The number of carbonyl (C=O) groups is 2. The maximum Gasteiger partial charge on any atom is 0.430 e. The molecule has 42 heavy (non-hydrogen) atoms. The second-order valence-corrected chi connectivity index (χ2v) is 12.6. The molecule has 0 saturated carbocycles. The van der Waals surface area contributed by atoms with E-state index in [0.29, 0.717) is 22.5 Å². The Balaban J connectivity index is 2.04. The summed E-state index contributed by atoms with van der Waals surface area (Å²) in [4.78, 5) is 24.3. The predicted octanol–water partition coefficient (Wildman–Crippen LogP) is 4.07. The van der Waals surface area contributed by atoms with Crippen LogP contribution in [0.3, 0.4) is 0 Å². The second-order valence-electron chi connectivity index (χ2n) is 10.8. The molecule has 3 N–H and O–H groups in total. The molecule has 0 spiro atoms. The number of amides is 2. The molecule has 232 valence electrons. The average molecular weight is 628 g/mol.